The van der Waals surface area contributed by atoms with E-state index in [4.69, 9.17) is 0 Å². The summed E-state index contributed by atoms with van der Waals surface area (Å²) >= 11 is 3.40. The first-order valence-electron chi connectivity index (χ1n) is 6.08. The lowest BCUT2D eigenvalue weighted by atomic mass is 10.1. The number of halogens is 1. The molecular formula is C13H17BrN4. The number of aromatic nitrogens is 3. The Kier molecular flexibility index (Phi) is 4.49. The molecule has 4 nitrogen and oxygen atoms in total. The molecule has 96 valence electrons. The highest BCUT2D eigenvalue weighted by molar-refractivity contribution is 9.10. The van der Waals surface area contributed by atoms with Crippen molar-refractivity contribution in [1.29, 1.82) is 0 Å². The molecule has 0 saturated heterocycles. The Morgan fingerprint density at radius 3 is 2.83 bits per heavy atom. The molecule has 0 aliphatic heterocycles. The van der Waals surface area contributed by atoms with E-state index in [1.165, 1.54) is 5.56 Å². The van der Waals surface area contributed by atoms with Gasteiger partial charge in [0.15, 0.2) is 5.82 Å². The molecule has 0 aliphatic rings. The van der Waals surface area contributed by atoms with Gasteiger partial charge in [0, 0.05) is 18.4 Å². The SMILES string of the molecule is CCCc1cc(CNC)cc(-n2cc(Br)cn2)n1. The Morgan fingerprint density at radius 1 is 1.39 bits per heavy atom. The van der Waals surface area contributed by atoms with Crippen LogP contribution < -0.4 is 5.32 Å². The highest BCUT2D eigenvalue weighted by Gasteiger charge is 2.05. The molecule has 0 saturated carbocycles. The maximum atomic E-state index is 4.64. The molecule has 2 aromatic rings. The predicted molar refractivity (Wildman–Crippen MR) is 75.8 cm³/mol. The highest BCUT2D eigenvalue weighted by Crippen LogP contribution is 2.14. The quantitative estimate of drug-likeness (QED) is 0.923. The van der Waals surface area contributed by atoms with Gasteiger partial charge in [-0.25, -0.2) is 9.67 Å². The number of hydrogen-bond donors (Lipinski definition) is 1. The number of rotatable bonds is 5. The van der Waals surface area contributed by atoms with Crippen molar-refractivity contribution in [2.75, 3.05) is 7.05 Å². The fourth-order valence-corrected chi connectivity index (χ4v) is 2.15. The topological polar surface area (TPSA) is 42.7 Å². The van der Waals surface area contributed by atoms with Gasteiger partial charge in [-0.3, -0.25) is 0 Å². The molecule has 2 heterocycles. The molecule has 0 unspecified atom stereocenters. The Labute approximate surface area is 116 Å². The molecule has 0 aromatic carbocycles. The minimum absolute atomic E-state index is 0.842. The van der Waals surface area contributed by atoms with Crippen molar-refractivity contribution in [2.24, 2.45) is 0 Å². The second-order valence-corrected chi connectivity index (χ2v) is 5.12. The third-order valence-corrected chi connectivity index (χ3v) is 3.01. The van der Waals surface area contributed by atoms with Gasteiger partial charge in [0.2, 0.25) is 0 Å². The summed E-state index contributed by atoms with van der Waals surface area (Å²) in [5.74, 6) is 0.872. The van der Waals surface area contributed by atoms with Crippen molar-refractivity contribution >= 4 is 15.9 Å². The van der Waals surface area contributed by atoms with Gasteiger partial charge in [0.05, 0.1) is 10.7 Å². The molecule has 0 bridgehead atoms. The summed E-state index contributed by atoms with van der Waals surface area (Å²) in [7, 11) is 1.95. The number of aryl methyl sites for hydroxylation is 1. The Bertz CT molecular complexity index is 497. The Morgan fingerprint density at radius 2 is 2.22 bits per heavy atom. The summed E-state index contributed by atoms with van der Waals surface area (Å²) in [4.78, 5) is 4.64. The monoisotopic (exact) mass is 308 g/mol. The minimum atomic E-state index is 0.842. The second kappa shape index (κ2) is 6.11. The van der Waals surface area contributed by atoms with Crippen LogP contribution in [-0.2, 0) is 13.0 Å². The van der Waals surface area contributed by atoms with Crippen LogP contribution in [0.4, 0.5) is 0 Å². The molecule has 5 heteroatoms. The molecule has 0 atom stereocenters. The first-order valence-corrected chi connectivity index (χ1v) is 6.87. The van der Waals surface area contributed by atoms with E-state index in [1.807, 2.05) is 13.2 Å². The van der Waals surface area contributed by atoms with E-state index in [2.05, 4.69) is 50.4 Å². The number of hydrogen-bond acceptors (Lipinski definition) is 3. The molecular weight excluding hydrogens is 292 g/mol. The molecule has 0 amide bonds. The first kappa shape index (κ1) is 13.2. The zero-order valence-corrected chi connectivity index (χ0v) is 12.2. The summed E-state index contributed by atoms with van der Waals surface area (Å²) in [5.41, 5.74) is 2.35. The minimum Gasteiger partial charge on any atom is -0.316 e. The van der Waals surface area contributed by atoms with Crippen LogP contribution in [0.1, 0.15) is 24.6 Å². The lowest BCUT2D eigenvalue weighted by Crippen LogP contribution is -2.09. The zero-order valence-electron chi connectivity index (χ0n) is 10.7. The zero-order chi connectivity index (χ0) is 13.0. The average molecular weight is 309 g/mol. The summed E-state index contributed by atoms with van der Waals surface area (Å²) in [6.45, 7) is 3.01. The predicted octanol–water partition coefficient (Wildman–Crippen LogP) is 2.70. The van der Waals surface area contributed by atoms with Crippen LogP contribution >= 0.6 is 15.9 Å². The molecule has 0 spiro atoms. The van der Waals surface area contributed by atoms with Crippen LogP contribution in [-0.4, -0.2) is 21.8 Å². The van der Waals surface area contributed by atoms with Gasteiger partial charge in [-0.15, -0.1) is 0 Å². The molecule has 1 N–H and O–H groups in total. The van der Waals surface area contributed by atoms with Gasteiger partial charge in [-0.1, -0.05) is 13.3 Å². The van der Waals surface area contributed by atoms with Gasteiger partial charge >= 0.3 is 0 Å². The Hall–Kier alpha value is -1.20. The first-order chi connectivity index (χ1) is 8.72. The lowest BCUT2D eigenvalue weighted by Gasteiger charge is -2.08. The van der Waals surface area contributed by atoms with Crippen molar-refractivity contribution in [3.05, 3.63) is 40.3 Å². The summed E-state index contributed by atoms with van der Waals surface area (Å²) in [5, 5.41) is 7.45. The van der Waals surface area contributed by atoms with Gasteiger partial charge < -0.3 is 5.32 Å². The average Bonchev–Trinajstić information content (AvgIpc) is 2.76. The third kappa shape index (κ3) is 3.17. The number of nitrogens with zero attached hydrogens (tertiary/aromatic N) is 3. The van der Waals surface area contributed by atoms with Gasteiger partial charge in [0.1, 0.15) is 0 Å². The van der Waals surface area contributed by atoms with Crippen molar-refractivity contribution in [3.8, 4) is 5.82 Å². The summed E-state index contributed by atoms with van der Waals surface area (Å²) < 4.78 is 2.75. The fourth-order valence-electron chi connectivity index (χ4n) is 1.87. The normalized spacial score (nSPS) is 10.8. The standard InChI is InChI=1S/C13H17BrN4/c1-3-4-12-5-10(7-15-2)6-13(17-12)18-9-11(14)8-16-18/h5-6,8-9,15H,3-4,7H2,1-2H3. The van der Waals surface area contributed by atoms with E-state index in [-0.39, 0.29) is 0 Å². The van der Waals surface area contributed by atoms with Crippen LogP contribution in [0.3, 0.4) is 0 Å². The van der Waals surface area contributed by atoms with Crippen molar-refractivity contribution in [1.82, 2.24) is 20.1 Å². The molecule has 0 fully saturated rings. The van der Waals surface area contributed by atoms with E-state index < -0.39 is 0 Å². The Balaban J connectivity index is 2.39. The van der Waals surface area contributed by atoms with Crippen LogP contribution in [0.5, 0.6) is 0 Å². The van der Waals surface area contributed by atoms with E-state index in [1.54, 1.807) is 10.9 Å². The maximum absolute atomic E-state index is 4.64. The van der Waals surface area contributed by atoms with Crippen molar-refractivity contribution in [2.45, 2.75) is 26.3 Å². The lowest BCUT2D eigenvalue weighted by molar-refractivity contribution is 0.781. The summed E-state index contributed by atoms with van der Waals surface area (Å²) in [6.07, 6.45) is 5.78. The van der Waals surface area contributed by atoms with E-state index in [0.29, 0.717) is 0 Å². The van der Waals surface area contributed by atoms with E-state index in [0.717, 1.165) is 35.4 Å². The van der Waals surface area contributed by atoms with Gasteiger partial charge in [-0.05, 0) is 47.1 Å². The molecule has 2 aromatic heterocycles. The van der Waals surface area contributed by atoms with Gasteiger partial charge in [0.25, 0.3) is 0 Å². The van der Waals surface area contributed by atoms with Gasteiger partial charge in [-0.2, -0.15) is 5.10 Å². The third-order valence-electron chi connectivity index (χ3n) is 2.60. The van der Waals surface area contributed by atoms with Crippen molar-refractivity contribution in [3.63, 3.8) is 0 Å². The largest absolute Gasteiger partial charge is 0.316 e. The fraction of sp³-hybridized carbons (Fsp3) is 0.385. The summed E-state index contributed by atoms with van der Waals surface area (Å²) in [6, 6.07) is 4.22. The van der Waals surface area contributed by atoms with Crippen LogP contribution in [0, 0.1) is 0 Å². The molecule has 0 aliphatic carbocycles. The number of pyridine rings is 1. The maximum Gasteiger partial charge on any atom is 0.153 e. The number of nitrogens with one attached hydrogen (secondary N) is 1. The van der Waals surface area contributed by atoms with Crippen LogP contribution in [0.15, 0.2) is 29.0 Å². The molecule has 0 radical (unpaired) electrons. The van der Waals surface area contributed by atoms with E-state index >= 15 is 0 Å². The van der Waals surface area contributed by atoms with Crippen LogP contribution in [0.2, 0.25) is 0 Å². The molecule has 18 heavy (non-hydrogen) atoms. The van der Waals surface area contributed by atoms with E-state index in [9.17, 15) is 0 Å². The molecule has 2 rings (SSSR count). The van der Waals surface area contributed by atoms with Crippen LogP contribution in [0.25, 0.3) is 5.82 Å². The highest BCUT2D eigenvalue weighted by atomic mass is 79.9. The smallest absolute Gasteiger partial charge is 0.153 e. The van der Waals surface area contributed by atoms with Crippen molar-refractivity contribution < 1.29 is 0 Å². The second-order valence-electron chi connectivity index (χ2n) is 4.21.